The van der Waals surface area contributed by atoms with Gasteiger partial charge in [-0.05, 0) is 74.4 Å². The Morgan fingerprint density at radius 2 is 0.972 bits per heavy atom. The molecule has 1 aliphatic heterocycles. The Bertz CT molecular complexity index is 1160. The second-order valence-electron chi connectivity index (χ2n) is 9.34. The van der Waals surface area contributed by atoms with Crippen LogP contribution in [-0.4, -0.2) is 12.3 Å². The molecular formula is C32H36P4. The lowest BCUT2D eigenvalue weighted by molar-refractivity contribution is 0.629. The van der Waals surface area contributed by atoms with Gasteiger partial charge in [0, 0.05) is 0 Å². The second-order valence-corrected chi connectivity index (χ2v) is 23.6. The molecule has 0 aromatic heterocycles. The van der Waals surface area contributed by atoms with Crippen molar-refractivity contribution in [3.05, 3.63) is 115 Å². The van der Waals surface area contributed by atoms with Crippen LogP contribution >= 0.6 is 30.5 Å². The highest BCUT2D eigenvalue weighted by Crippen LogP contribution is 2.90. The molecule has 1 saturated heterocycles. The van der Waals surface area contributed by atoms with E-state index >= 15 is 0 Å². The van der Waals surface area contributed by atoms with E-state index in [4.69, 9.17) is 0 Å². The molecule has 4 heteroatoms. The fraction of sp³-hybridized carbons (Fsp3) is 0.250. The minimum absolute atomic E-state index is 0.193. The summed E-state index contributed by atoms with van der Waals surface area (Å²) in [6, 6.07) is 43.8. The van der Waals surface area contributed by atoms with Crippen molar-refractivity contribution in [2.75, 3.05) is 12.3 Å². The summed E-state index contributed by atoms with van der Waals surface area (Å²) in [4.78, 5) is 0. The predicted molar refractivity (Wildman–Crippen MR) is 170 cm³/mol. The molecule has 4 unspecified atom stereocenters. The zero-order valence-corrected chi connectivity index (χ0v) is 24.7. The molecule has 4 aromatic carbocycles. The Labute approximate surface area is 223 Å². The van der Waals surface area contributed by atoms with Crippen molar-refractivity contribution >= 4 is 46.4 Å². The van der Waals surface area contributed by atoms with Crippen LogP contribution in [0.5, 0.6) is 0 Å². The van der Waals surface area contributed by atoms with Crippen molar-refractivity contribution in [2.24, 2.45) is 0 Å². The van der Waals surface area contributed by atoms with Crippen LogP contribution in [-0.2, 0) is 0 Å². The third kappa shape index (κ3) is 6.92. The van der Waals surface area contributed by atoms with E-state index < -0.39 is 0 Å². The molecule has 36 heavy (non-hydrogen) atoms. The molecule has 0 bridgehead atoms. The summed E-state index contributed by atoms with van der Waals surface area (Å²) in [5.41, 5.74) is 2.65. The minimum atomic E-state index is -0.261. The minimum Gasteiger partial charge on any atom is -0.0862 e. The molecule has 4 aromatic rings. The molecule has 0 radical (unpaired) electrons. The van der Waals surface area contributed by atoms with Gasteiger partial charge in [-0.3, -0.25) is 0 Å². The van der Waals surface area contributed by atoms with Gasteiger partial charge in [0.2, 0.25) is 0 Å². The molecule has 1 fully saturated rings. The third-order valence-electron chi connectivity index (χ3n) is 6.74. The zero-order valence-electron chi connectivity index (χ0n) is 21.0. The molecule has 4 atom stereocenters. The molecule has 0 N–H and O–H groups in total. The van der Waals surface area contributed by atoms with Crippen molar-refractivity contribution in [1.29, 1.82) is 0 Å². The van der Waals surface area contributed by atoms with Crippen molar-refractivity contribution in [3.63, 3.8) is 0 Å². The first-order valence-corrected chi connectivity index (χ1v) is 20.9. The molecule has 5 rings (SSSR count). The topological polar surface area (TPSA) is 0 Å². The van der Waals surface area contributed by atoms with E-state index in [1.807, 2.05) is 0 Å². The smallest absolute Gasteiger partial charge is 0.0117 e. The van der Waals surface area contributed by atoms with Gasteiger partial charge in [0.1, 0.15) is 0 Å². The van der Waals surface area contributed by atoms with Gasteiger partial charge >= 0.3 is 0 Å². The van der Waals surface area contributed by atoms with Gasteiger partial charge in [0.05, 0.1) is 0 Å². The van der Waals surface area contributed by atoms with Gasteiger partial charge in [-0.15, -0.1) is 0 Å². The van der Waals surface area contributed by atoms with Crippen LogP contribution < -0.4 is 15.9 Å². The summed E-state index contributed by atoms with van der Waals surface area (Å²) in [7, 11) is 0.371. The first-order chi connectivity index (χ1) is 17.9. The predicted octanol–water partition coefficient (Wildman–Crippen LogP) is 9.85. The lowest BCUT2D eigenvalue weighted by Crippen LogP contribution is -2.10. The lowest BCUT2D eigenvalue weighted by Gasteiger charge is -2.36. The summed E-state index contributed by atoms with van der Waals surface area (Å²) < 4.78 is 0. The summed E-state index contributed by atoms with van der Waals surface area (Å²) in [5, 5.41) is 4.88. The van der Waals surface area contributed by atoms with Crippen LogP contribution in [0.15, 0.2) is 115 Å². The van der Waals surface area contributed by atoms with E-state index in [9.17, 15) is 0 Å². The fourth-order valence-electron chi connectivity index (χ4n) is 4.83. The van der Waals surface area contributed by atoms with Gasteiger partial charge in [0.25, 0.3) is 0 Å². The molecule has 1 heterocycles. The maximum Gasteiger partial charge on any atom is -0.0117 e. The Morgan fingerprint density at radius 3 is 1.64 bits per heavy atom. The first kappa shape index (κ1) is 26.2. The summed E-state index contributed by atoms with van der Waals surface area (Å²) in [5.74, 6) is 0. The highest BCUT2D eigenvalue weighted by molar-refractivity contribution is 8.78. The Hall–Kier alpha value is -1.40. The summed E-state index contributed by atoms with van der Waals surface area (Å²) >= 11 is 0. The van der Waals surface area contributed by atoms with E-state index in [-0.39, 0.29) is 22.2 Å². The van der Waals surface area contributed by atoms with Crippen LogP contribution in [0.1, 0.15) is 38.5 Å². The van der Waals surface area contributed by atoms with Crippen molar-refractivity contribution in [1.82, 2.24) is 0 Å². The van der Waals surface area contributed by atoms with Gasteiger partial charge in [0.15, 0.2) is 0 Å². The maximum absolute atomic E-state index is 2.49. The molecule has 0 amide bonds. The second kappa shape index (κ2) is 13.9. The van der Waals surface area contributed by atoms with Crippen LogP contribution in [0, 0.1) is 0 Å². The average molecular weight is 545 g/mol. The lowest BCUT2D eigenvalue weighted by atomic mass is 10.1. The fourth-order valence-corrected chi connectivity index (χ4v) is 30.2. The van der Waals surface area contributed by atoms with E-state index in [0.717, 1.165) is 8.27 Å². The Balaban J connectivity index is 1.57. The van der Waals surface area contributed by atoms with E-state index in [1.165, 1.54) is 62.0 Å². The molecule has 0 nitrogen and oxygen atoms in total. The summed E-state index contributed by atoms with van der Waals surface area (Å²) in [6.45, 7) is 0. The van der Waals surface area contributed by atoms with Crippen LogP contribution in [0.4, 0.5) is 0 Å². The summed E-state index contributed by atoms with van der Waals surface area (Å²) in [6.07, 6.45) is 11.2. The number of hydrogen-bond acceptors (Lipinski definition) is 0. The van der Waals surface area contributed by atoms with Crippen LogP contribution in [0.2, 0.25) is 0 Å². The highest BCUT2D eigenvalue weighted by Gasteiger charge is 2.32. The van der Waals surface area contributed by atoms with Crippen molar-refractivity contribution in [2.45, 2.75) is 38.5 Å². The van der Waals surface area contributed by atoms with Gasteiger partial charge in [-0.1, -0.05) is 149 Å². The van der Waals surface area contributed by atoms with Crippen LogP contribution in [0.3, 0.4) is 0 Å². The van der Waals surface area contributed by atoms with Crippen LogP contribution in [0.25, 0.3) is 11.1 Å². The normalized spacial score (nSPS) is 22.4. The molecule has 1 aliphatic rings. The number of rotatable bonds is 4. The largest absolute Gasteiger partial charge is 0.0862 e. The SMILES string of the molecule is c1ccc(-c2ccc(P3CCCCCCCCPP(c4ccccc4)P3c3ccccc3)cc2)cc1. The third-order valence-corrected chi connectivity index (χ3v) is 28.0. The highest BCUT2D eigenvalue weighted by atomic mass is 32.6. The van der Waals surface area contributed by atoms with E-state index in [1.54, 1.807) is 15.9 Å². The zero-order chi connectivity index (χ0) is 24.4. The van der Waals surface area contributed by atoms with Crippen molar-refractivity contribution < 1.29 is 0 Å². The molecular weight excluding hydrogens is 508 g/mol. The average Bonchev–Trinajstić information content (AvgIpc) is 2.95. The van der Waals surface area contributed by atoms with Crippen molar-refractivity contribution in [3.8, 4) is 11.1 Å². The molecule has 0 spiro atoms. The quantitative estimate of drug-likeness (QED) is 0.224. The number of benzene rings is 4. The van der Waals surface area contributed by atoms with Gasteiger partial charge in [-0.25, -0.2) is 0 Å². The first-order valence-electron chi connectivity index (χ1n) is 13.3. The van der Waals surface area contributed by atoms with Gasteiger partial charge in [-0.2, -0.15) is 0 Å². The van der Waals surface area contributed by atoms with E-state index in [0.29, 0.717) is 0 Å². The molecule has 0 saturated carbocycles. The standard InChI is InChI=1S/C32H36P4/c1-2-4-15-27-34(30-24-22-29(23-25-30)28-16-8-5-9-17-28)36(32-20-12-7-13-21-32)35(33-26-14-3-1)31-18-10-6-11-19-31/h5-13,16-25,33H,1-4,14-15,26-27H2. The Kier molecular flexibility index (Phi) is 10.2. The molecule has 0 aliphatic carbocycles. The van der Waals surface area contributed by atoms with E-state index in [2.05, 4.69) is 115 Å². The maximum atomic E-state index is 2.49. The molecule has 184 valence electrons. The Morgan fingerprint density at radius 1 is 0.444 bits per heavy atom. The monoisotopic (exact) mass is 544 g/mol. The van der Waals surface area contributed by atoms with Gasteiger partial charge < -0.3 is 0 Å². The number of hydrogen-bond donors (Lipinski definition) is 0.